The molecule has 176 valence electrons. The predicted octanol–water partition coefficient (Wildman–Crippen LogP) is 5.70. The fourth-order valence-corrected chi connectivity index (χ4v) is 4.08. The molecule has 34 heavy (non-hydrogen) atoms. The highest BCUT2D eigenvalue weighted by Gasteiger charge is 2.19. The van der Waals surface area contributed by atoms with E-state index in [2.05, 4.69) is 16.0 Å². The Balaban J connectivity index is 1.43. The lowest BCUT2D eigenvalue weighted by atomic mass is 10.1. The first-order valence-electron chi connectivity index (χ1n) is 11.7. The number of benzene rings is 3. The summed E-state index contributed by atoms with van der Waals surface area (Å²) in [6.07, 6.45) is 1.80. The highest BCUT2D eigenvalue weighted by atomic mass is 16.5. The molecular weight excluding hydrogens is 426 g/mol. The monoisotopic (exact) mass is 457 g/mol. The molecular formula is C28H31N3O3. The summed E-state index contributed by atoms with van der Waals surface area (Å²) in [7, 11) is 1.65. The fraction of sp³-hybridized carbons (Fsp3) is 0.286. The minimum absolute atomic E-state index is 0.0972. The van der Waals surface area contributed by atoms with E-state index in [4.69, 9.17) is 14.5 Å². The van der Waals surface area contributed by atoms with Crippen molar-refractivity contribution in [1.82, 2.24) is 14.9 Å². The zero-order chi connectivity index (χ0) is 23.9. The molecule has 0 fully saturated rings. The van der Waals surface area contributed by atoms with E-state index in [0.29, 0.717) is 12.2 Å². The maximum Gasteiger partial charge on any atom is 0.251 e. The minimum atomic E-state index is -0.231. The van der Waals surface area contributed by atoms with Gasteiger partial charge in [0, 0.05) is 12.1 Å². The summed E-state index contributed by atoms with van der Waals surface area (Å²) in [6, 6.07) is 23.1. The largest absolute Gasteiger partial charge is 0.493 e. The normalized spacial score (nSPS) is 11.9. The molecule has 0 spiro atoms. The second-order valence-corrected chi connectivity index (χ2v) is 8.38. The Morgan fingerprint density at radius 2 is 1.76 bits per heavy atom. The number of nitrogens with zero attached hydrogens (tertiary/aromatic N) is 2. The van der Waals surface area contributed by atoms with Crippen LogP contribution >= 0.6 is 0 Å². The molecule has 0 aliphatic carbocycles. The van der Waals surface area contributed by atoms with Gasteiger partial charge in [0.1, 0.15) is 5.82 Å². The smallest absolute Gasteiger partial charge is 0.251 e. The third-order valence-electron chi connectivity index (χ3n) is 5.80. The number of nitrogens with one attached hydrogen (secondary N) is 1. The van der Waals surface area contributed by atoms with Crippen LogP contribution in [-0.4, -0.2) is 29.2 Å². The third-order valence-corrected chi connectivity index (χ3v) is 5.80. The van der Waals surface area contributed by atoms with Gasteiger partial charge in [-0.2, -0.15) is 0 Å². The topological polar surface area (TPSA) is 65.4 Å². The molecule has 1 unspecified atom stereocenters. The van der Waals surface area contributed by atoms with Crippen molar-refractivity contribution in [2.45, 2.75) is 39.3 Å². The van der Waals surface area contributed by atoms with Gasteiger partial charge in [-0.1, -0.05) is 42.0 Å². The lowest BCUT2D eigenvalue weighted by Gasteiger charge is -2.17. The summed E-state index contributed by atoms with van der Waals surface area (Å²) in [6.45, 7) is 5.35. The quantitative estimate of drug-likeness (QED) is 0.310. The highest BCUT2D eigenvalue weighted by molar-refractivity contribution is 5.94. The van der Waals surface area contributed by atoms with Crippen molar-refractivity contribution < 1.29 is 14.3 Å². The van der Waals surface area contributed by atoms with Crippen LogP contribution in [0.4, 0.5) is 0 Å². The predicted molar refractivity (Wildman–Crippen MR) is 135 cm³/mol. The molecule has 4 rings (SSSR count). The van der Waals surface area contributed by atoms with Crippen LogP contribution in [0.15, 0.2) is 72.8 Å². The number of hydrogen-bond acceptors (Lipinski definition) is 4. The molecule has 0 saturated carbocycles. The first kappa shape index (κ1) is 23.4. The van der Waals surface area contributed by atoms with Gasteiger partial charge in [-0.25, -0.2) is 4.98 Å². The molecule has 0 saturated heterocycles. The van der Waals surface area contributed by atoms with Gasteiger partial charge in [-0.05, 0) is 63.1 Å². The Morgan fingerprint density at radius 1 is 1.00 bits per heavy atom. The molecule has 6 nitrogen and oxygen atoms in total. The number of para-hydroxylation sites is 4. The summed E-state index contributed by atoms with van der Waals surface area (Å²) in [5.74, 6) is 2.25. The molecule has 1 atom stereocenters. The van der Waals surface area contributed by atoms with Crippen LogP contribution in [0.2, 0.25) is 0 Å². The average Bonchev–Trinajstić information content (AvgIpc) is 3.23. The van der Waals surface area contributed by atoms with Crippen molar-refractivity contribution in [3.05, 3.63) is 89.7 Å². The molecule has 1 aromatic heterocycles. The second kappa shape index (κ2) is 10.9. The van der Waals surface area contributed by atoms with Gasteiger partial charge in [0.15, 0.2) is 11.5 Å². The average molecular weight is 458 g/mol. The molecule has 1 heterocycles. The number of methoxy groups -OCH3 is 1. The van der Waals surface area contributed by atoms with E-state index in [1.807, 2.05) is 80.6 Å². The van der Waals surface area contributed by atoms with E-state index < -0.39 is 0 Å². The van der Waals surface area contributed by atoms with Crippen molar-refractivity contribution >= 4 is 16.9 Å². The molecule has 1 amide bonds. The molecule has 0 aliphatic heterocycles. The molecule has 3 aromatic carbocycles. The fourth-order valence-electron chi connectivity index (χ4n) is 4.08. The summed E-state index contributed by atoms with van der Waals surface area (Å²) in [5, 5.41) is 3.12. The van der Waals surface area contributed by atoms with E-state index >= 15 is 0 Å². The number of aromatic nitrogens is 2. The van der Waals surface area contributed by atoms with Crippen LogP contribution in [0, 0.1) is 6.92 Å². The Kier molecular flexibility index (Phi) is 7.48. The number of ether oxygens (including phenoxy) is 2. The van der Waals surface area contributed by atoms with Gasteiger partial charge < -0.3 is 19.4 Å². The molecule has 0 bridgehead atoms. The highest BCUT2D eigenvalue weighted by Crippen LogP contribution is 2.26. The van der Waals surface area contributed by atoms with E-state index in [0.717, 1.165) is 53.3 Å². The van der Waals surface area contributed by atoms with Gasteiger partial charge in [0.2, 0.25) is 0 Å². The zero-order valence-electron chi connectivity index (χ0n) is 20.0. The minimum Gasteiger partial charge on any atom is -0.493 e. The first-order valence-corrected chi connectivity index (χ1v) is 11.7. The van der Waals surface area contributed by atoms with Crippen LogP contribution in [-0.2, 0) is 6.54 Å². The maximum absolute atomic E-state index is 12.8. The second-order valence-electron chi connectivity index (χ2n) is 8.38. The summed E-state index contributed by atoms with van der Waals surface area (Å²) >= 11 is 0. The standard InChI is InChI=1S/C28H31N3O3/c1-20-11-10-12-22(19-20)28(32)29-21(2)27-30-23-13-4-5-14-24(23)31(27)17-8-9-18-34-26-16-7-6-15-25(26)33-3/h4-7,10-16,19,21H,8-9,17-18H2,1-3H3,(H,29,32). The Morgan fingerprint density at radius 3 is 2.56 bits per heavy atom. The summed E-state index contributed by atoms with van der Waals surface area (Å²) in [5.41, 5.74) is 3.71. The Labute approximate surface area is 200 Å². The molecule has 4 aromatic rings. The van der Waals surface area contributed by atoms with E-state index in [-0.39, 0.29) is 11.9 Å². The van der Waals surface area contributed by atoms with Gasteiger partial charge in [0.25, 0.3) is 5.91 Å². The number of carbonyl (C=O) groups is 1. The van der Waals surface area contributed by atoms with E-state index in [1.165, 1.54) is 0 Å². The number of carbonyl (C=O) groups excluding carboxylic acids is 1. The van der Waals surface area contributed by atoms with E-state index in [1.54, 1.807) is 7.11 Å². The van der Waals surface area contributed by atoms with Gasteiger partial charge in [-0.15, -0.1) is 0 Å². The Bertz CT molecular complexity index is 1260. The maximum atomic E-state index is 12.8. The first-order chi connectivity index (χ1) is 16.6. The number of hydrogen-bond donors (Lipinski definition) is 1. The molecule has 6 heteroatoms. The zero-order valence-corrected chi connectivity index (χ0v) is 20.0. The van der Waals surface area contributed by atoms with Crippen LogP contribution in [0.1, 0.15) is 47.6 Å². The van der Waals surface area contributed by atoms with E-state index in [9.17, 15) is 4.79 Å². The van der Waals surface area contributed by atoms with Crippen molar-refractivity contribution in [3.8, 4) is 11.5 Å². The van der Waals surface area contributed by atoms with Crippen molar-refractivity contribution in [1.29, 1.82) is 0 Å². The number of aryl methyl sites for hydroxylation is 2. The van der Waals surface area contributed by atoms with Crippen molar-refractivity contribution in [3.63, 3.8) is 0 Å². The van der Waals surface area contributed by atoms with Crippen molar-refractivity contribution in [2.75, 3.05) is 13.7 Å². The number of imidazole rings is 1. The van der Waals surface area contributed by atoms with Crippen LogP contribution < -0.4 is 14.8 Å². The summed E-state index contributed by atoms with van der Waals surface area (Å²) < 4.78 is 13.5. The lowest BCUT2D eigenvalue weighted by Crippen LogP contribution is -2.28. The van der Waals surface area contributed by atoms with Crippen molar-refractivity contribution in [2.24, 2.45) is 0 Å². The van der Waals surface area contributed by atoms with Gasteiger partial charge in [-0.3, -0.25) is 4.79 Å². The Hall–Kier alpha value is -3.80. The number of unbranched alkanes of at least 4 members (excludes halogenated alkanes) is 1. The van der Waals surface area contributed by atoms with Crippen LogP contribution in [0.3, 0.4) is 0 Å². The SMILES string of the molecule is COc1ccccc1OCCCCn1c(C(C)NC(=O)c2cccc(C)c2)nc2ccccc21. The number of rotatable bonds is 10. The molecule has 0 aliphatic rings. The lowest BCUT2D eigenvalue weighted by molar-refractivity contribution is 0.0937. The van der Waals surface area contributed by atoms with Gasteiger partial charge >= 0.3 is 0 Å². The van der Waals surface area contributed by atoms with Gasteiger partial charge in [0.05, 0.1) is 30.8 Å². The number of amides is 1. The third kappa shape index (κ3) is 5.39. The molecule has 0 radical (unpaired) electrons. The molecule has 1 N–H and O–H groups in total. The number of fused-ring (bicyclic) bond motifs is 1. The van der Waals surface area contributed by atoms with Crippen LogP contribution in [0.5, 0.6) is 11.5 Å². The summed E-state index contributed by atoms with van der Waals surface area (Å²) in [4.78, 5) is 17.7. The van der Waals surface area contributed by atoms with Crippen LogP contribution in [0.25, 0.3) is 11.0 Å².